The molecule has 2 fully saturated rings. The number of rotatable bonds is 4. The number of amides is 1. The molecular formula is C23H26FNO3. The van der Waals surface area contributed by atoms with Crippen LogP contribution in [0.1, 0.15) is 33.5 Å². The fourth-order valence-electron chi connectivity index (χ4n) is 4.48. The number of likely N-dealkylation sites (tertiary alicyclic amines) is 1. The van der Waals surface area contributed by atoms with Crippen LogP contribution in [0.2, 0.25) is 0 Å². The van der Waals surface area contributed by atoms with E-state index in [-0.39, 0.29) is 29.7 Å². The maximum Gasteiger partial charge on any atom is 0.254 e. The largest absolute Gasteiger partial charge is 0.396 e. The molecule has 1 amide bonds. The van der Waals surface area contributed by atoms with Crippen molar-refractivity contribution in [2.75, 3.05) is 32.9 Å². The molecule has 2 aromatic carbocycles. The van der Waals surface area contributed by atoms with Gasteiger partial charge in [0.2, 0.25) is 0 Å². The van der Waals surface area contributed by atoms with Crippen LogP contribution in [0.25, 0.3) is 0 Å². The summed E-state index contributed by atoms with van der Waals surface area (Å²) in [6.07, 6.45) is 1.28. The number of carbonyl (C=O) groups is 1. The van der Waals surface area contributed by atoms with Crippen LogP contribution >= 0.6 is 0 Å². The van der Waals surface area contributed by atoms with Crippen molar-refractivity contribution in [3.8, 4) is 0 Å². The second kappa shape index (κ2) is 7.64. The van der Waals surface area contributed by atoms with Gasteiger partial charge in [-0.25, -0.2) is 4.39 Å². The zero-order valence-corrected chi connectivity index (χ0v) is 16.2. The molecule has 4 rings (SSSR count). The fourth-order valence-corrected chi connectivity index (χ4v) is 4.48. The number of fused-ring (bicyclic) bond motifs is 1. The number of aliphatic hydroxyl groups excluding tert-OH is 1. The Balaban J connectivity index is 1.58. The van der Waals surface area contributed by atoms with Crippen molar-refractivity contribution in [2.24, 2.45) is 11.3 Å². The van der Waals surface area contributed by atoms with E-state index in [4.69, 9.17) is 4.74 Å². The minimum atomic E-state index is -0.247. The molecule has 2 aliphatic rings. The molecule has 1 N–H and O–H groups in total. The van der Waals surface area contributed by atoms with Crippen molar-refractivity contribution in [1.29, 1.82) is 0 Å². The summed E-state index contributed by atoms with van der Waals surface area (Å²) in [5.41, 5.74) is 2.75. The maximum atomic E-state index is 13.9. The van der Waals surface area contributed by atoms with Crippen molar-refractivity contribution in [1.82, 2.24) is 4.90 Å². The van der Waals surface area contributed by atoms with Crippen molar-refractivity contribution in [3.63, 3.8) is 0 Å². The van der Waals surface area contributed by atoms with Crippen molar-refractivity contribution < 1.29 is 19.0 Å². The molecule has 2 aliphatic heterocycles. The van der Waals surface area contributed by atoms with Crippen LogP contribution in [0.15, 0.2) is 42.5 Å². The highest BCUT2D eigenvalue weighted by Crippen LogP contribution is 2.42. The standard InChI is InChI=1S/C23H26FNO3/c1-16-6-7-17(11-21(16)24)10-18-4-2-3-5-20(18)22(27)25-12-19-13-28-9-8-23(19,14-25)15-26/h2-7,11,19,26H,8-10,12-15H2,1H3/t19-,23-/m1/s1. The average molecular weight is 383 g/mol. The summed E-state index contributed by atoms with van der Waals surface area (Å²) in [6.45, 7) is 4.21. The molecule has 0 aliphatic carbocycles. The SMILES string of the molecule is Cc1ccc(Cc2ccccc2C(=O)N2C[C@@H]3COCC[C@]3(CO)C2)cc1F. The number of aryl methyl sites for hydroxylation is 1. The lowest BCUT2D eigenvalue weighted by Crippen LogP contribution is -2.41. The van der Waals surface area contributed by atoms with Gasteiger partial charge in [0.15, 0.2) is 0 Å². The molecule has 0 radical (unpaired) electrons. The van der Waals surface area contributed by atoms with E-state index in [9.17, 15) is 14.3 Å². The number of aliphatic hydroxyl groups is 1. The first-order valence-electron chi connectivity index (χ1n) is 9.83. The molecule has 4 nitrogen and oxygen atoms in total. The second-order valence-electron chi connectivity index (χ2n) is 8.15. The molecule has 2 atom stereocenters. The Morgan fingerprint density at radius 3 is 2.89 bits per heavy atom. The van der Waals surface area contributed by atoms with Gasteiger partial charge < -0.3 is 14.7 Å². The van der Waals surface area contributed by atoms with Crippen molar-refractivity contribution >= 4 is 5.91 Å². The minimum Gasteiger partial charge on any atom is -0.396 e. The van der Waals surface area contributed by atoms with E-state index in [1.807, 2.05) is 35.2 Å². The first-order valence-corrected chi connectivity index (χ1v) is 9.83. The van der Waals surface area contributed by atoms with Gasteiger partial charge in [-0.05, 0) is 48.6 Å². The number of carbonyl (C=O) groups excluding carboxylic acids is 1. The summed E-state index contributed by atoms with van der Waals surface area (Å²) in [5.74, 6) is -0.0752. The number of ether oxygens (including phenoxy) is 1. The van der Waals surface area contributed by atoms with Gasteiger partial charge in [-0.1, -0.05) is 30.3 Å². The van der Waals surface area contributed by atoms with E-state index in [0.717, 1.165) is 17.5 Å². The Morgan fingerprint density at radius 1 is 1.32 bits per heavy atom. The highest BCUT2D eigenvalue weighted by Gasteiger charge is 2.49. The number of hydrogen-bond acceptors (Lipinski definition) is 3. The third-order valence-electron chi connectivity index (χ3n) is 6.36. The summed E-state index contributed by atoms with van der Waals surface area (Å²) in [4.78, 5) is 15.2. The first-order chi connectivity index (χ1) is 13.5. The molecule has 0 spiro atoms. The molecule has 2 saturated heterocycles. The van der Waals surface area contributed by atoms with E-state index in [0.29, 0.717) is 43.9 Å². The summed E-state index contributed by atoms with van der Waals surface area (Å²) >= 11 is 0. The van der Waals surface area contributed by atoms with Crippen molar-refractivity contribution in [2.45, 2.75) is 19.8 Å². The zero-order valence-electron chi connectivity index (χ0n) is 16.2. The topological polar surface area (TPSA) is 49.8 Å². The lowest BCUT2D eigenvalue weighted by Gasteiger charge is -2.36. The molecule has 0 aromatic heterocycles. The lowest BCUT2D eigenvalue weighted by molar-refractivity contribution is -0.0415. The summed E-state index contributed by atoms with van der Waals surface area (Å²) in [5, 5.41) is 9.99. The molecule has 0 bridgehead atoms. The fraction of sp³-hybridized carbons (Fsp3) is 0.435. The van der Waals surface area contributed by atoms with Crippen molar-refractivity contribution in [3.05, 3.63) is 70.5 Å². The van der Waals surface area contributed by atoms with Gasteiger partial charge in [0.05, 0.1) is 13.2 Å². The van der Waals surface area contributed by atoms with E-state index in [1.54, 1.807) is 19.1 Å². The normalized spacial score (nSPS) is 24.2. The molecule has 0 saturated carbocycles. The quantitative estimate of drug-likeness (QED) is 0.882. The number of halogens is 1. The van der Waals surface area contributed by atoms with Gasteiger partial charge in [-0.3, -0.25) is 4.79 Å². The Bertz CT molecular complexity index is 884. The van der Waals surface area contributed by atoms with E-state index in [1.165, 1.54) is 0 Å². The predicted octanol–water partition coefficient (Wildman–Crippen LogP) is 3.20. The highest BCUT2D eigenvalue weighted by atomic mass is 19.1. The van der Waals surface area contributed by atoms with E-state index >= 15 is 0 Å². The predicted molar refractivity (Wildman–Crippen MR) is 105 cm³/mol. The van der Waals surface area contributed by atoms with Crippen LogP contribution in [0.5, 0.6) is 0 Å². The number of hydrogen-bond donors (Lipinski definition) is 1. The van der Waals surface area contributed by atoms with Crippen LogP contribution in [-0.2, 0) is 11.2 Å². The number of nitrogens with zero attached hydrogens (tertiary/aromatic N) is 1. The van der Waals surface area contributed by atoms with Gasteiger partial charge in [-0.2, -0.15) is 0 Å². The second-order valence-corrected chi connectivity index (χ2v) is 8.15. The van der Waals surface area contributed by atoms with Crippen LogP contribution in [0.4, 0.5) is 4.39 Å². The molecule has 148 valence electrons. The molecule has 28 heavy (non-hydrogen) atoms. The highest BCUT2D eigenvalue weighted by molar-refractivity contribution is 5.96. The summed E-state index contributed by atoms with van der Waals surface area (Å²) in [7, 11) is 0. The van der Waals surface area contributed by atoms with Gasteiger partial charge in [0, 0.05) is 36.6 Å². The molecule has 0 unspecified atom stereocenters. The molecule has 2 aromatic rings. The van der Waals surface area contributed by atoms with Crippen LogP contribution < -0.4 is 0 Å². The smallest absolute Gasteiger partial charge is 0.254 e. The van der Waals surface area contributed by atoms with Crippen LogP contribution in [0, 0.1) is 24.1 Å². The first kappa shape index (κ1) is 19.1. The summed E-state index contributed by atoms with van der Waals surface area (Å²) < 4.78 is 19.5. The Kier molecular flexibility index (Phi) is 5.21. The van der Waals surface area contributed by atoms with Crippen LogP contribution in [-0.4, -0.2) is 48.8 Å². The Hall–Kier alpha value is -2.24. The Morgan fingerprint density at radius 2 is 2.14 bits per heavy atom. The molecule has 2 heterocycles. The van der Waals surface area contributed by atoms with Gasteiger partial charge in [-0.15, -0.1) is 0 Å². The average Bonchev–Trinajstić information content (AvgIpc) is 3.11. The monoisotopic (exact) mass is 383 g/mol. The van der Waals surface area contributed by atoms with Gasteiger partial charge >= 0.3 is 0 Å². The Labute approximate surface area is 164 Å². The molecule has 5 heteroatoms. The third kappa shape index (κ3) is 3.45. The zero-order chi connectivity index (χ0) is 19.7. The third-order valence-corrected chi connectivity index (χ3v) is 6.36. The van der Waals surface area contributed by atoms with Crippen LogP contribution in [0.3, 0.4) is 0 Å². The number of benzene rings is 2. The van der Waals surface area contributed by atoms with E-state index in [2.05, 4.69) is 0 Å². The van der Waals surface area contributed by atoms with E-state index < -0.39 is 0 Å². The van der Waals surface area contributed by atoms with Gasteiger partial charge in [0.25, 0.3) is 5.91 Å². The minimum absolute atomic E-state index is 0.0228. The maximum absolute atomic E-state index is 13.9. The van der Waals surface area contributed by atoms with Gasteiger partial charge in [0.1, 0.15) is 5.82 Å². The summed E-state index contributed by atoms with van der Waals surface area (Å²) in [6, 6.07) is 12.8. The molecular weight excluding hydrogens is 357 g/mol. The lowest BCUT2D eigenvalue weighted by atomic mass is 9.75.